The van der Waals surface area contributed by atoms with E-state index in [-0.39, 0.29) is 5.82 Å². The SMILES string of the molecule is CN(C)C1CCN(c2ccc(N)c(-c3ncc(Cl)c(-c4c[nH]c5c(F)cccc45)n3)c2N)C1. The summed E-state index contributed by atoms with van der Waals surface area (Å²) in [5, 5.41) is 1.04. The maximum Gasteiger partial charge on any atom is 0.164 e. The normalized spacial score (nSPS) is 16.3. The average Bonchev–Trinajstić information content (AvgIpc) is 3.43. The van der Waals surface area contributed by atoms with E-state index in [1.54, 1.807) is 12.3 Å². The summed E-state index contributed by atoms with van der Waals surface area (Å²) in [4.78, 5) is 16.6. The molecule has 4 aromatic rings. The molecule has 0 amide bonds. The predicted octanol–water partition coefficient (Wildman–Crippen LogP) is 4.39. The first-order valence-electron chi connectivity index (χ1n) is 10.7. The van der Waals surface area contributed by atoms with Crippen LogP contribution in [0.25, 0.3) is 33.5 Å². The number of hydrogen-bond acceptors (Lipinski definition) is 6. The molecule has 0 spiro atoms. The zero-order valence-corrected chi connectivity index (χ0v) is 19.2. The molecule has 33 heavy (non-hydrogen) atoms. The van der Waals surface area contributed by atoms with E-state index in [4.69, 9.17) is 28.1 Å². The minimum Gasteiger partial charge on any atom is -0.398 e. The van der Waals surface area contributed by atoms with Crippen molar-refractivity contribution >= 4 is 39.6 Å². The van der Waals surface area contributed by atoms with Gasteiger partial charge in [-0.1, -0.05) is 23.7 Å². The van der Waals surface area contributed by atoms with Crippen molar-refractivity contribution in [2.45, 2.75) is 12.5 Å². The highest BCUT2D eigenvalue weighted by Crippen LogP contribution is 2.40. The Morgan fingerprint density at radius 1 is 1.21 bits per heavy atom. The number of halogens is 2. The summed E-state index contributed by atoms with van der Waals surface area (Å²) in [5.41, 5.74) is 17.0. The smallest absolute Gasteiger partial charge is 0.164 e. The summed E-state index contributed by atoms with van der Waals surface area (Å²) in [6.07, 6.45) is 4.28. The summed E-state index contributed by atoms with van der Waals surface area (Å²) < 4.78 is 14.2. The van der Waals surface area contributed by atoms with Crippen molar-refractivity contribution in [3.05, 3.63) is 53.6 Å². The van der Waals surface area contributed by atoms with E-state index in [0.29, 0.717) is 56.0 Å². The third-order valence-corrected chi connectivity index (χ3v) is 6.65. The number of hydrogen-bond donors (Lipinski definition) is 3. The number of nitrogens with two attached hydrogens (primary N) is 2. The fraction of sp³-hybridized carbons (Fsp3) is 0.250. The van der Waals surface area contributed by atoms with Gasteiger partial charge in [0.2, 0.25) is 0 Å². The summed E-state index contributed by atoms with van der Waals surface area (Å²) in [5.74, 6) is 0.0346. The van der Waals surface area contributed by atoms with E-state index < -0.39 is 0 Å². The van der Waals surface area contributed by atoms with Crippen LogP contribution in [0.3, 0.4) is 0 Å². The van der Waals surface area contributed by atoms with Crippen LogP contribution in [0.2, 0.25) is 5.02 Å². The molecule has 0 aliphatic carbocycles. The monoisotopic (exact) mass is 465 g/mol. The number of aromatic nitrogens is 3. The molecule has 1 fully saturated rings. The minimum absolute atomic E-state index is 0.341. The van der Waals surface area contributed by atoms with Crippen LogP contribution in [0.5, 0.6) is 0 Å². The second-order valence-electron chi connectivity index (χ2n) is 8.57. The summed E-state index contributed by atoms with van der Waals surface area (Å²) in [6.45, 7) is 1.79. The van der Waals surface area contributed by atoms with Gasteiger partial charge >= 0.3 is 0 Å². The number of rotatable bonds is 4. The summed E-state index contributed by atoms with van der Waals surface area (Å²) >= 11 is 6.47. The van der Waals surface area contributed by atoms with Gasteiger partial charge in [0.15, 0.2) is 5.82 Å². The van der Waals surface area contributed by atoms with E-state index in [1.165, 1.54) is 12.3 Å². The first-order valence-corrected chi connectivity index (χ1v) is 11.1. The van der Waals surface area contributed by atoms with Gasteiger partial charge in [0.1, 0.15) is 5.82 Å². The standard InChI is InChI=1S/C24H25ClFN7/c1-32(2)13-8-9-33(12-13)19-7-6-18(27)20(21(19)28)24-30-11-16(25)22(31-24)15-10-29-23-14(15)4-3-5-17(23)26/h3-7,10-11,13,29H,8-9,12,27-28H2,1-2H3. The highest BCUT2D eigenvalue weighted by Gasteiger charge is 2.27. The van der Waals surface area contributed by atoms with Crippen molar-refractivity contribution in [1.82, 2.24) is 19.9 Å². The molecule has 2 aromatic carbocycles. The Bertz CT molecular complexity index is 1350. The zero-order chi connectivity index (χ0) is 23.3. The van der Waals surface area contributed by atoms with Crippen LogP contribution in [0, 0.1) is 5.82 Å². The lowest BCUT2D eigenvalue weighted by molar-refractivity contribution is 0.315. The first-order chi connectivity index (χ1) is 15.8. The predicted molar refractivity (Wildman–Crippen MR) is 133 cm³/mol. The Morgan fingerprint density at radius 3 is 2.79 bits per heavy atom. The quantitative estimate of drug-likeness (QED) is 0.386. The number of fused-ring (bicyclic) bond motifs is 1. The Balaban J connectivity index is 1.60. The third-order valence-electron chi connectivity index (χ3n) is 6.38. The van der Waals surface area contributed by atoms with Gasteiger partial charge in [-0.3, -0.25) is 0 Å². The second-order valence-corrected chi connectivity index (χ2v) is 8.98. The van der Waals surface area contributed by atoms with Crippen molar-refractivity contribution in [3.63, 3.8) is 0 Å². The molecule has 0 bridgehead atoms. The second kappa shape index (κ2) is 8.20. The van der Waals surface area contributed by atoms with Crippen LogP contribution < -0.4 is 16.4 Å². The van der Waals surface area contributed by atoms with Gasteiger partial charge in [0, 0.05) is 42.0 Å². The molecule has 0 radical (unpaired) electrons. The molecule has 9 heteroatoms. The number of nitrogens with one attached hydrogen (secondary N) is 1. The largest absolute Gasteiger partial charge is 0.398 e. The molecule has 170 valence electrons. The van der Waals surface area contributed by atoms with E-state index >= 15 is 0 Å². The first kappa shape index (κ1) is 21.5. The highest BCUT2D eigenvalue weighted by atomic mass is 35.5. The molecule has 1 aliphatic rings. The van der Waals surface area contributed by atoms with E-state index in [0.717, 1.165) is 25.2 Å². The maximum atomic E-state index is 14.2. The Hall–Kier alpha value is -3.36. The molecule has 5 N–H and O–H groups in total. The Labute approximate surface area is 196 Å². The number of aromatic amines is 1. The Morgan fingerprint density at radius 2 is 2.03 bits per heavy atom. The number of likely N-dealkylation sites (N-methyl/N-ethyl adjacent to an activating group) is 1. The molecular weight excluding hydrogens is 441 g/mol. The average molecular weight is 466 g/mol. The summed E-state index contributed by atoms with van der Waals surface area (Å²) in [6, 6.07) is 9.13. The lowest BCUT2D eigenvalue weighted by atomic mass is 10.1. The minimum atomic E-state index is -0.341. The number of para-hydroxylation sites is 1. The third kappa shape index (κ3) is 3.65. The molecule has 1 unspecified atom stereocenters. The molecule has 1 saturated heterocycles. The molecule has 3 heterocycles. The van der Waals surface area contributed by atoms with Crippen LogP contribution in [0.15, 0.2) is 42.7 Å². The van der Waals surface area contributed by atoms with Crippen molar-refractivity contribution in [2.75, 3.05) is 43.6 Å². The van der Waals surface area contributed by atoms with Crippen molar-refractivity contribution < 1.29 is 4.39 Å². The van der Waals surface area contributed by atoms with Crippen molar-refractivity contribution in [1.29, 1.82) is 0 Å². The lowest BCUT2D eigenvalue weighted by Crippen LogP contribution is -2.31. The number of anilines is 3. The van der Waals surface area contributed by atoms with Crippen LogP contribution >= 0.6 is 11.6 Å². The van der Waals surface area contributed by atoms with Crippen LogP contribution in [0.1, 0.15) is 6.42 Å². The van der Waals surface area contributed by atoms with Gasteiger partial charge in [-0.2, -0.15) is 0 Å². The van der Waals surface area contributed by atoms with Gasteiger partial charge in [0.25, 0.3) is 0 Å². The lowest BCUT2D eigenvalue weighted by Gasteiger charge is -2.24. The molecule has 1 atom stereocenters. The van der Waals surface area contributed by atoms with Gasteiger partial charge in [-0.05, 0) is 38.7 Å². The zero-order valence-electron chi connectivity index (χ0n) is 18.4. The van der Waals surface area contributed by atoms with Crippen molar-refractivity contribution in [2.24, 2.45) is 0 Å². The van der Waals surface area contributed by atoms with Gasteiger partial charge in [0.05, 0.1) is 39.4 Å². The topological polar surface area (TPSA) is 100 Å². The van der Waals surface area contributed by atoms with Gasteiger partial charge in [-0.25, -0.2) is 14.4 Å². The molecule has 0 saturated carbocycles. The van der Waals surface area contributed by atoms with Crippen LogP contribution in [-0.4, -0.2) is 53.1 Å². The molecule has 5 rings (SSSR count). The summed E-state index contributed by atoms with van der Waals surface area (Å²) in [7, 11) is 4.18. The maximum absolute atomic E-state index is 14.2. The molecule has 7 nitrogen and oxygen atoms in total. The van der Waals surface area contributed by atoms with Crippen LogP contribution in [0.4, 0.5) is 21.5 Å². The fourth-order valence-corrected chi connectivity index (χ4v) is 4.72. The van der Waals surface area contributed by atoms with Crippen molar-refractivity contribution in [3.8, 4) is 22.6 Å². The molecular formula is C24H25ClFN7. The number of benzene rings is 2. The van der Waals surface area contributed by atoms with E-state index in [1.807, 2.05) is 18.2 Å². The number of H-pyrrole nitrogens is 1. The van der Waals surface area contributed by atoms with Gasteiger partial charge < -0.3 is 26.3 Å². The Kier molecular flexibility index (Phi) is 5.34. The van der Waals surface area contributed by atoms with Gasteiger partial charge in [-0.15, -0.1) is 0 Å². The van der Waals surface area contributed by atoms with E-state index in [9.17, 15) is 4.39 Å². The van der Waals surface area contributed by atoms with Crippen LogP contribution in [-0.2, 0) is 0 Å². The fourth-order valence-electron chi connectivity index (χ4n) is 4.52. The number of nitrogen functional groups attached to an aromatic ring is 2. The highest BCUT2D eigenvalue weighted by molar-refractivity contribution is 6.33. The molecule has 1 aliphatic heterocycles. The number of nitrogens with zero attached hydrogens (tertiary/aromatic N) is 4. The molecule has 2 aromatic heterocycles. The van der Waals surface area contributed by atoms with E-state index in [2.05, 4.69) is 33.9 Å².